The van der Waals surface area contributed by atoms with Crippen LogP contribution in [0, 0.1) is 0 Å². The van der Waals surface area contributed by atoms with Crippen molar-refractivity contribution in [2.24, 2.45) is 0 Å². The number of hydrogen-bond acceptors (Lipinski definition) is 1. The van der Waals surface area contributed by atoms with Gasteiger partial charge in [-0.15, -0.1) is 0 Å². The number of methoxy groups -OCH3 is 1. The second kappa shape index (κ2) is 3.70. The lowest BCUT2D eigenvalue weighted by molar-refractivity contribution is 0.415. The molecule has 0 heterocycles. The van der Waals surface area contributed by atoms with Crippen LogP contribution < -0.4 is 4.74 Å². The maximum Gasteiger partial charge on any atom is 0.119 e. The Bertz CT molecular complexity index is 603. The van der Waals surface area contributed by atoms with Gasteiger partial charge in [-0.25, -0.2) is 0 Å². The van der Waals surface area contributed by atoms with Gasteiger partial charge in [0, 0.05) is 6.85 Å². The van der Waals surface area contributed by atoms with Crippen molar-refractivity contribution >= 4 is 10.8 Å². The third-order valence-electron chi connectivity index (χ3n) is 2.19. The molecule has 0 aliphatic rings. The Balaban J connectivity index is 2.54. The first-order valence-electron chi connectivity index (χ1n) is 6.84. The molecule has 0 saturated heterocycles. The normalized spacial score (nSPS) is 17.6. The van der Waals surface area contributed by atoms with Crippen molar-refractivity contribution in [2.45, 2.75) is 13.2 Å². The van der Waals surface area contributed by atoms with Crippen LogP contribution >= 0.6 is 0 Å². The Morgan fingerprint density at radius 3 is 2.79 bits per heavy atom. The van der Waals surface area contributed by atoms with Crippen LogP contribution in [0.5, 0.6) is 5.75 Å². The zero-order valence-electron chi connectivity index (χ0n) is 12.9. The van der Waals surface area contributed by atoms with Crippen LogP contribution in [0.25, 0.3) is 10.8 Å². The third kappa shape index (κ3) is 1.58. The van der Waals surface area contributed by atoms with Crippen molar-refractivity contribution in [3.8, 4) is 5.75 Å². The average Bonchev–Trinajstić information content (AvgIpc) is 2.36. The highest BCUT2D eigenvalue weighted by Crippen LogP contribution is 2.21. The number of benzene rings is 2. The largest absolute Gasteiger partial charge is 0.497 e. The predicted molar refractivity (Wildman–Crippen MR) is 59.9 cm³/mol. The Hall–Kier alpha value is -1.50. The summed E-state index contributed by atoms with van der Waals surface area (Å²) in [4.78, 5) is 0. The number of hydrogen-bond donors (Lipinski definition) is 0. The first-order chi connectivity index (χ1) is 8.75. The van der Waals surface area contributed by atoms with Crippen LogP contribution in [-0.2, 0) is 6.37 Å². The monoisotopic (exact) mass is 191 g/mol. The van der Waals surface area contributed by atoms with E-state index in [1.165, 1.54) is 6.07 Å². The fraction of sp³-hybridized carbons (Fsp3) is 0.231. The Morgan fingerprint density at radius 1 is 1.21 bits per heavy atom. The molecular formula is C13H14O. The van der Waals surface area contributed by atoms with Gasteiger partial charge in [0.2, 0.25) is 0 Å². The van der Waals surface area contributed by atoms with Gasteiger partial charge < -0.3 is 4.74 Å². The summed E-state index contributed by atoms with van der Waals surface area (Å²) in [5.41, 5.74) is 0.158. The summed E-state index contributed by atoms with van der Waals surface area (Å²) in [5, 5.41) is 1.66. The van der Waals surface area contributed by atoms with Crippen LogP contribution in [0.3, 0.4) is 0 Å². The van der Waals surface area contributed by atoms with Crippen LogP contribution in [0.4, 0.5) is 0 Å². The van der Waals surface area contributed by atoms with Crippen LogP contribution in [0.15, 0.2) is 36.4 Å². The first-order valence-corrected chi connectivity index (χ1v) is 4.34. The second-order valence-corrected chi connectivity index (χ2v) is 3.05. The summed E-state index contributed by atoms with van der Waals surface area (Å²) in [5.74, 6) is 0.707. The molecule has 0 aliphatic carbocycles. The third-order valence-corrected chi connectivity index (χ3v) is 2.19. The van der Waals surface area contributed by atoms with Crippen molar-refractivity contribution in [1.82, 2.24) is 0 Å². The minimum atomic E-state index is -2.69. The molecule has 0 fully saturated rings. The molecule has 0 amide bonds. The summed E-state index contributed by atoms with van der Waals surface area (Å²) in [6.45, 7) is -2.69. The highest BCUT2D eigenvalue weighted by Gasteiger charge is 1.97. The minimum Gasteiger partial charge on any atom is -0.497 e. The summed E-state index contributed by atoms with van der Waals surface area (Å²) in [6, 6.07) is 10.2. The summed E-state index contributed by atoms with van der Waals surface area (Å²) < 4.78 is 42.5. The molecule has 0 atom stereocenters. The van der Waals surface area contributed by atoms with Gasteiger partial charge in [-0.2, -0.15) is 0 Å². The summed E-state index contributed by atoms with van der Waals surface area (Å²) in [7, 11) is 1.57. The molecular weight excluding hydrogens is 172 g/mol. The van der Waals surface area contributed by atoms with E-state index in [0.717, 1.165) is 10.8 Å². The van der Waals surface area contributed by atoms with E-state index in [9.17, 15) is 0 Å². The molecule has 1 nitrogen and oxygen atoms in total. The zero-order chi connectivity index (χ0) is 14.3. The van der Waals surface area contributed by atoms with E-state index < -0.39 is 13.2 Å². The molecule has 0 unspecified atom stereocenters. The number of rotatable bonds is 2. The van der Waals surface area contributed by atoms with Crippen molar-refractivity contribution in [3.05, 3.63) is 42.0 Å². The Labute approximate surface area is 91.3 Å². The molecule has 0 aromatic heterocycles. The fourth-order valence-corrected chi connectivity index (χ4v) is 1.43. The van der Waals surface area contributed by atoms with Gasteiger partial charge in [-0.1, -0.05) is 31.1 Å². The van der Waals surface area contributed by atoms with E-state index >= 15 is 0 Å². The molecule has 0 aliphatic heterocycles. The smallest absolute Gasteiger partial charge is 0.119 e. The van der Waals surface area contributed by atoms with E-state index in [0.29, 0.717) is 5.75 Å². The number of ether oxygens (including phenoxy) is 1. The molecule has 1 heteroatoms. The SMILES string of the molecule is [2H]C([2H])([2H])C([2H])([2H])c1ccc2cc(OC)ccc2c1. The molecule has 14 heavy (non-hydrogen) atoms. The number of aryl methyl sites for hydroxylation is 1. The predicted octanol–water partition coefficient (Wildman–Crippen LogP) is 3.41. The maximum absolute atomic E-state index is 7.75. The Kier molecular flexibility index (Phi) is 1.28. The van der Waals surface area contributed by atoms with Crippen molar-refractivity contribution in [1.29, 1.82) is 0 Å². The van der Waals surface area contributed by atoms with Gasteiger partial charge in [-0.05, 0) is 34.8 Å². The van der Waals surface area contributed by atoms with E-state index in [1.54, 1.807) is 31.4 Å². The molecule has 0 N–H and O–H groups in total. The topological polar surface area (TPSA) is 9.23 Å². The van der Waals surface area contributed by atoms with Gasteiger partial charge in [0.1, 0.15) is 5.75 Å². The maximum atomic E-state index is 7.75. The lowest BCUT2D eigenvalue weighted by Crippen LogP contribution is -1.84. The van der Waals surface area contributed by atoms with E-state index in [-0.39, 0.29) is 5.56 Å². The molecule has 0 bridgehead atoms. The van der Waals surface area contributed by atoms with Crippen LogP contribution in [-0.4, -0.2) is 7.11 Å². The van der Waals surface area contributed by atoms with Crippen molar-refractivity contribution in [3.63, 3.8) is 0 Å². The molecule has 0 radical (unpaired) electrons. The standard InChI is InChI=1S/C13H14O/c1-3-10-4-5-12-9-13(14-2)7-6-11(12)8-10/h4-9H,3H2,1-2H3/i1D3,3D2. The second-order valence-electron chi connectivity index (χ2n) is 3.05. The fourth-order valence-electron chi connectivity index (χ4n) is 1.43. The zero-order valence-corrected chi connectivity index (χ0v) is 7.87. The summed E-state index contributed by atoms with van der Waals surface area (Å²) >= 11 is 0. The van der Waals surface area contributed by atoms with E-state index in [2.05, 4.69) is 0 Å². The molecule has 0 saturated carbocycles. The Morgan fingerprint density at radius 2 is 2.00 bits per heavy atom. The van der Waals surface area contributed by atoms with E-state index in [1.807, 2.05) is 6.07 Å². The van der Waals surface area contributed by atoms with Crippen LogP contribution in [0.2, 0.25) is 0 Å². The number of fused-ring (bicyclic) bond motifs is 1. The van der Waals surface area contributed by atoms with Gasteiger partial charge >= 0.3 is 0 Å². The highest BCUT2D eigenvalue weighted by atomic mass is 16.5. The molecule has 2 aromatic carbocycles. The molecule has 72 valence electrons. The first kappa shape index (κ1) is 4.83. The molecule has 2 aromatic rings. The quantitative estimate of drug-likeness (QED) is 0.706. The molecule has 0 spiro atoms. The van der Waals surface area contributed by atoms with Crippen LogP contribution in [0.1, 0.15) is 19.3 Å². The van der Waals surface area contributed by atoms with Gasteiger partial charge in [0.05, 0.1) is 7.11 Å². The average molecular weight is 191 g/mol. The molecule has 2 rings (SSSR count). The van der Waals surface area contributed by atoms with Gasteiger partial charge in [0.25, 0.3) is 0 Å². The highest BCUT2D eigenvalue weighted by molar-refractivity contribution is 5.84. The minimum absolute atomic E-state index is 0.158. The van der Waals surface area contributed by atoms with Gasteiger partial charge in [0.15, 0.2) is 0 Å². The van der Waals surface area contributed by atoms with E-state index in [4.69, 9.17) is 11.6 Å². The summed E-state index contributed by atoms with van der Waals surface area (Å²) in [6.07, 6.45) is -2.36. The van der Waals surface area contributed by atoms with Crippen molar-refractivity contribution < 1.29 is 11.6 Å². The van der Waals surface area contributed by atoms with Crippen molar-refractivity contribution in [2.75, 3.05) is 7.11 Å². The van der Waals surface area contributed by atoms with Gasteiger partial charge in [-0.3, -0.25) is 0 Å². The lowest BCUT2D eigenvalue weighted by atomic mass is 10.1. The lowest BCUT2D eigenvalue weighted by Gasteiger charge is -2.03.